The van der Waals surface area contributed by atoms with E-state index >= 15 is 0 Å². The molecule has 0 bridgehead atoms. The Morgan fingerprint density at radius 3 is 2.70 bits per heavy atom. The number of halogens is 2. The van der Waals surface area contributed by atoms with Gasteiger partial charge in [0, 0.05) is 0 Å². The van der Waals surface area contributed by atoms with Crippen LogP contribution >= 0.6 is 0 Å². The third kappa shape index (κ3) is 6.93. The SMILES string of the molecule is CCOc1cc(/C=N\NC(=O)COc2cccc(C)c2)ccc1OC(F)F. The molecule has 2 aromatic rings. The normalized spacial score (nSPS) is 10.9. The number of carbonyl (C=O) groups excluding carboxylic acids is 1. The number of rotatable bonds is 9. The number of nitrogens with zero attached hydrogens (tertiary/aromatic N) is 1. The van der Waals surface area contributed by atoms with Crippen molar-refractivity contribution in [3.05, 3.63) is 53.6 Å². The lowest BCUT2D eigenvalue weighted by Crippen LogP contribution is -2.24. The van der Waals surface area contributed by atoms with E-state index < -0.39 is 12.5 Å². The van der Waals surface area contributed by atoms with Crippen LogP contribution in [0.3, 0.4) is 0 Å². The largest absolute Gasteiger partial charge is 0.490 e. The molecule has 8 heteroatoms. The highest BCUT2D eigenvalue weighted by Crippen LogP contribution is 2.29. The van der Waals surface area contributed by atoms with Crippen molar-refractivity contribution in [1.29, 1.82) is 0 Å². The van der Waals surface area contributed by atoms with Crippen LogP contribution in [0.5, 0.6) is 17.2 Å². The molecule has 2 rings (SSSR count). The van der Waals surface area contributed by atoms with Crippen LogP contribution in [-0.4, -0.2) is 31.9 Å². The van der Waals surface area contributed by atoms with Crippen molar-refractivity contribution in [2.45, 2.75) is 20.5 Å². The molecule has 6 nitrogen and oxygen atoms in total. The van der Waals surface area contributed by atoms with E-state index in [9.17, 15) is 13.6 Å². The van der Waals surface area contributed by atoms with Gasteiger partial charge in [-0.05, 0) is 55.3 Å². The first-order chi connectivity index (χ1) is 13.0. The van der Waals surface area contributed by atoms with Gasteiger partial charge >= 0.3 is 6.61 Å². The fourth-order valence-corrected chi connectivity index (χ4v) is 2.13. The zero-order valence-electron chi connectivity index (χ0n) is 14.9. The number of carbonyl (C=O) groups is 1. The monoisotopic (exact) mass is 378 g/mol. The van der Waals surface area contributed by atoms with Crippen LogP contribution in [-0.2, 0) is 4.79 Å². The van der Waals surface area contributed by atoms with Crippen molar-refractivity contribution in [1.82, 2.24) is 5.43 Å². The van der Waals surface area contributed by atoms with Crippen LogP contribution in [0.1, 0.15) is 18.1 Å². The fourth-order valence-electron chi connectivity index (χ4n) is 2.13. The van der Waals surface area contributed by atoms with E-state index in [0.29, 0.717) is 11.3 Å². The summed E-state index contributed by atoms with van der Waals surface area (Å²) in [4.78, 5) is 11.8. The summed E-state index contributed by atoms with van der Waals surface area (Å²) < 4.78 is 39.8. The molecule has 27 heavy (non-hydrogen) atoms. The summed E-state index contributed by atoms with van der Waals surface area (Å²) in [5.74, 6) is 0.246. The van der Waals surface area contributed by atoms with Crippen LogP contribution in [0.15, 0.2) is 47.6 Å². The van der Waals surface area contributed by atoms with E-state index in [1.807, 2.05) is 25.1 Å². The molecule has 0 unspecified atom stereocenters. The van der Waals surface area contributed by atoms with E-state index in [2.05, 4.69) is 15.3 Å². The van der Waals surface area contributed by atoms with E-state index in [0.717, 1.165) is 5.56 Å². The Morgan fingerprint density at radius 2 is 2.00 bits per heavy atom. The predicted octanol–water partition coefficient (Wildman–Crippen LogP) is 3.52. The molecular formula is C19H20F2N2O4. The van der Waals surface area contributed by atoms with Crippen LogP contribution < -0.4 is 19.6 Å². The molecule has 1 N–H and O–H groups in total. The molecule has 0 aliphatic carbocycles. The first-order valence-electron chi connectivity index (χ1n) is 8.21. The van der Waals surface area contributed by atoms with Gasteiger partial charge in [-0.15, -0.1) is 0 Å². The smallest absolute Gasteiger partial charge is 0.387 e. The minimum absolute atomic E-state index is 0.0698. The van der Waals surface area contributed by atoms with Crippen molar-refractivity contribution in [2.24, 2.45) is 5.10 Å². The Hall–Kier alpha value is -3.16. The molecular weight excluding hydrogens is 358 g/mol. The van der Waals surface area contributed by atoms with Crippen LogP contribution in [0, 0.1) is 6.92 Å². The van der Waals surface area contributed by atoms with Gasteiger partial charge in [0.1, 0.15) is 5.75 Å². The number of hydrogen-bond acceptors (Lipinski definition) is 5. The Bertz CT molecular complexity index is 797. The Kier molecular flexibility index (Phi) is 7.54. The number of hydrazone groups is 1. The average Bonchev–Trinajstić information content (AvgIpc) is 2.62. The van der Waals surface area contributed by atoms with E-state index in [1.165, 1.54) is 24.4 Å². The van der Waals surface area contributed by atoms with Crippen LogP contribution in [0.4, 0.5) is 8.78 Å². The van der Waals surface area contributed by atoms with Gasteiger partial charge in [0.2, 0.25) is 0 Å². The van der Waals surface area contributed by atoms with Crippen molar-refractivity contribution in [3.63, 3.8) is 0 Å². The molecule has 1 amide bonds. The fraction of sp³-hybridized carbons (Fsp3) is 0.263. The third-order valence-electron chi connectivity index (χ3n) is 3.25. The molecule has 0 aromatic heterocycles. The van der Waals surface area contributed by atoms with Gasteiger partial charge < -0.3 is 14.2 Å². The summed E-state index contributed by atoms with van der Waals surface area (Å²) >= 11 is 0. The highest BCUT2D eigenvalue weighted by Gasteiger charge is 2.11. The van der Waals surface area contributed by atoms with E-state index in [-0.39, 0.29) is 24.7 Å². The summed E-state index contributed by atoms with van der Waals surface area (Å²) in [6, 6.07) is 11.7. The molecule has 0 radical (unpaired) electrons. The van der Waals surface area contributed by atoms with Crippen LogP contribution in [0.2, 0.25) is 0 Å². The summed E-state index contributed by atoms with van der Waals surface area (Å²) in [7, 11) is 0. The van der Waals surface area contributed by atoms with Crippen molar-refractivity contribution < 1.29 is 27.8 Å². The molecule has 0 saturated heterocycles. The number of hydrogen-bond donors (Lipinski definition) is 1. The number of alkyl halides is 2. The number of amides is 1. The van der Waals surface area contributed by atoms with E-state index in [4.69, 9.17) is 9.47 Å². The molecule has 144 valence electrons. The maximum atomic E-state index is 12.4. The number of nitrogens with one attached hydrogen (secondary N) is 1. The molecule has 0 aliphatic rings. The highest BCUT2D eigenvalue weighted by molar-refractivity contribution is 5.83. The van der Waals surface area contributed by atoms with Gasteiger partial charge in [-0.1, -0.05) is 12.1 Å². The lowest BCUT2D eigenvalue weighted by atomic mass is 10.2. The lowest BCUT2D eigenvalue weighted by Gasteiger charge is -2.11. The number of benzene rings is 2. The Morgan fingerprint density at radius 1 is 1.19 bits per heavy atom. The van der Waals surface area contributed by atoms with Crippen molar-refractivity contribution >= 4 is 12.1 Å². The molecule has 0 spiro atoms. The average molecular weight is 378 g/mol. The van der Waals surface area contributed by atoms with Gasteiger partial charge in [-0.3, -0.25) is 4.79 Å². The molecule has 0 saturated carbocycles. The van der Waals surface area contributed by atoms with Gasteiger partial charge in [-0.25, -0.2) is 5.43 Å². The standard InChI is InChI=1S/C19H20F2N2O4/c1-3-25-17-10-14(7-8-16(17)27-19(20)21)11-22-23-18(24)12-26-15-6-4-5-13(2)9-15/h4-11,19H,3,12H2,1-2H3,(H,23,24)/b22-11-. The van der Waals surface area contributed by atoms with Crippen LogP contribution in [0.25, 0.3) is 0 Å². The summed E-state index contributed by atoms with van der Waals surface area (Å²) in [5, 5.41) is 3.81. The maximum absolute atomic E-state index is 12.4. The minimum atomic E-state index is -2.95. The van der Waals surface area contributed by atoms with Gasteiger partial charge in [0.05, 0.1) is 12.8 Å². The highest BCUT2D eigenvalue weighted by atomic mass is 19.3. The third-order valence-corrected chi connectivity index (χ3v) is 3.25. The molecule has 0 aliphatic heterocycles. The summed E-state index contributed by atoms with van der Waals surface area (Å²) in [6.45, 7) is 0.794. The zero-order valence-corrected chi connectivity index (χ0v) is 14.9. The molecule has 2 aromatic carbocycles. The second-order valence-corrected chi connectivity index (χ2v) is 5.42. The Labute approximate surface area is 155 Å². The van der Waals surface area contributed by atoms with Crippen molar-refractivity contribution in [2.75, 3.05) is 13.2 Å². The molecule has 0 heterocycles. The first kappa shape index (κ1) is 20.2. The van der Waals surface area contributed by atoms with Crippen molar-refractivity contribution in [3.8, 4) is 17.2 Å². The lowest BCUT2D eigenvalue weighted by molar-refractivity contribution is -0.123. The molecule has 0 atom stereocenters. The second kappa shape index (κ2) is 10.1. The maximum Gasteiger partial charge on any atom is 0.387 e. The van der Waals surface area contributed by atoms with Gasteiger partial charge in [0.25, 0.3) is 5.91 Å². The first-order valence-corrected chi connectivity index (χ1v) is 8.21. The second-order valence-electron chi connectivity index (χ2n) is 5.42. The van der Waals surface area contributed by atoms with Gasteiger partial charge in [0.15, 0.2) is 18.1 Å². The minimum Gasteiger partial charge on any atom is -0.490 e. The predicted molar refractivity (Wildman–Crippen MR) is 96.7 cm³/mol. The number of aryl methyl sites for hydroxylation is 1. The Balaban J connectivity index is 1.90. The summed E-state index contributed by atoms with van der Waals surface area (Å²) in [5.41, 5.74) is 3.89. The zero-order chi connectivity index (χ0) is 19.6. The number of ether oxygens (including phenoxy) is 3. The quantitative estimate of drug-likeness (QED) is 0.535. The van der Waals surface area contributed by atoms with Gasteiger partial charge in [-0.2, -0.15) is 13.9 Å². The summed E-state index contributed by atoms with van der Waals surface area (Å²) in [6.07, 6.45) is 1.36. The van der Waals surface area contributed by atoms with E-state index in [1.54, 1.807) is 13.0 Å². The molecule has 0 fully saturated rings. The topological polar surface area (TPSA) is 69.2 Å².